The van der Waals surface area contributed by atoms with E-state index in [-0.39, 0.29) is 17.6 Å². The summed E-state index contributed by atoms with van der Waals surface area (Å²) < 4.78 is 5.86. The Balaban J connectivity index is 1.53. The molecular weight excluding hydrogens is 496 g/mol. The van der Waals surface area contributed by atoms with Gasteiger partial charge in [-0.2, -0.15) is 0 Å². The highest BCUT2D eigenvalue weighted by Gasteiger charge is 2.41. The summed E-state index contributed by atoms with van der Waals surface area (Å²) in [6, 6.07) is 25.7. The predicted molar refractivity (Wildman–Crippen MR) is 162 cm³/mol. The van der Waals surface area contributed by atoms with E-state index in [0.717, 1.165) is 66.1 Å². The van der Waals surface area contributed by atoms with Gasteiger partial charge in [0.1, 0.15) is 5.75 Å². The quantitative estimate of drug-likeness (QED) is 0.265. The van der Waals surface area contributed by atoms with Crippen molar-refractivity contribution >= 4 is 23.1 Å². The van der Waals surface area contributed by atoms with E-state index in [1.165, 1.54) is 0 Å². The van der Waals surface area contributed by atoms with E-state index in [0.29, 0.717) is 31.4 Å². The van der Waals surface area contributed by atoms with Gasteiger partial charge in [-0.3, -0.25) is 14.5 Å². The fourth-order valence-corrected chi connectivity index (χ4v) is 5.87. The summed E-state index contributed by atoms with van der Waals surface area (Å²) >= 11 is 0. The average molecular weight is 537 g/mol. The molecule has 5 nitrogen and oxygen atoms in total. The second kappa shape index (κ2) is 13.0. The summed E-state index contributed by atoms with van der Waals surface area (Å²) in [5.41, 5.74) is 5.40. The number of rotatable bonds is 10. The number of carbonyl (C=O) groups is 2. The Morgan fingerprint density at radius 1 is 0.850 bits per heavy atom. The Morgan fingerprint density at radius 3 is 2.33 bits per heavy atom. The molecule has 208 valence electrons. The van der Waals surface area contributed by atoms with Crippen molar-refractivity contribution in [1.82, 2.24) is 0 Å². The minimum atomic E-state index is -0.468. The molecule has 0 spiro atoms. The maximum Gasteiger partial charge on any atom is 0.227 e. The van der Waals surface area contributed by atoms with Crippen molar-refractivity contribution in [3.8, 4) is 5.75 Å². The van der Waals surface area contributed by atoms with Crippen LogP contribution < -0.4 is 15.0 Å². The fourth-order valence-electron chi connectivity index (χ4n) is 5.87. The number of ether oxygens (including phenoxy) is 1. The van der Waals surface area contributed by atoms with Crippen LogP contribution in [-0.2, 0) is 9.59 Å². The van der Waals surface area contributed by atoms with E-state index >= 15 is 0 Å². The zero-order valence-electron chi connectivity index (χ0n) is 23.7. The molecule has 1 aliphatic carbocycles. The zero-order chi connectivity index (χ0) is 27.9. The molecule has 0 radical (unpaired) electrons. The number of carbonyl (C=O) groups excluding carboxylic acids is 2. The summed E-state index contributed by atoms with van der Waals surface area (Å²) in [6.07, 6.45) is 6.59. The van der Waals surface area contributed by atoms with E-state index in [1.54, 1.807) is 0 Å². The van der Waals surface area contributed by atoms with Crippen LogP contribution in [0.4, 0.5) is 11.4 Å². The highest BCUT2D eigenvalue weighted by molar-refractivity contribution is 6.06. The lowest BCUT2D eigenvalue weighted by Gasteiger charge is -2.35. The molecule has 0 aromatic heterocycles. The number of anilines is 2. The topological polar surface area (TPSA) is 58.6 Å². The molecule has 2 aliphatic rings. The number of hydrogen-bond acceptors (Lipinski definition) is 4. The second-order valence-electron chi connectivity index (χ2n) is 10.9. The minimum Gasteiger partial charge on any atom is -0.494 e. The van der Waals surface area contributed by atoms with Crippen molar-refractivity contribution in [1.29, 1.82) is 0 Å². The maximum atomic E-state index is 14.1. The molecule has 0 fully saturated rings. The first kappa shape index (κ1) is 27.7. The summed E-state index contributed by atoms with van der Waals surface area (Å²) in [5.74, 6) is 1.06. The number of Topliss-reactive ketones (excluding diaryl/α,β-unsaturated/α-hetero) is 1. The van der Waals surface area contributed by atoms with Gasteiger partial charge in [-0.05, 0) is 60.6 Å². The molecule has 5 heteroatoms. The molecule has 1 amide bonds. The lowest BCUT2D eigenvalue weighted by Crippen LogP contribution is -2.38. The van der Waals surface area contributed by atoms with Crippen LogP contribution in [0.3, 0.4) is 0 Å². The van der Waals surface area contributed by atoms with Gasteiger partial charge in [-0.15, -0.1) is 0 Å². The third kappa shape index (κ3) is 5.99. The Labute approximate surface area is 238 Å². The Hall–Kier alpha value is -3.86. The van der Waals surface area contributed by atoms with E-state index in [1.807, 2.05) is 71.6 Å². The van der Waals surface area contributed by atoms with Gasteiger partial charge in [0.25, 0.3) is 0 Å². The number of allylic oxidation sites excluding steroid dienone is 1. The molecule has 0 saturated heterocycles. The third-order valence-corrected chi connectivity index (χ3v) is 7.98. The molecule has 1 N–H and O–H groups in total. The molecule has 0 bridgehead atoms. The van der Waals surface area contributed by atoms with Gasteiger partial charge in [0.05, 0.1) is 24.0 Å². The lowest BCUT2D eigenvalue weighted by molar-refractivity contribution is -0.119. The first-order chi connectivity index (χ1) is 19.6. The highest BCUT2D eigenvalue weighted by atomic mass is 16.5. The molecule has 1 heterocycles. The van der Waals surface area contributed by atoms with Crippen LogP contribution >= 0.6 is 0 Å². The van der Waals surface area contributed by atoms with Gasteiger partial charge in [0.15, 0.2) is 5.78 Å². The molecule has 0 saturated carbocycles. The van der Waals surface area contributed by atoms with Crippen molar-refractivity contribution < 1.29 is 14.3 Å². The molecule has 1 aliphatic heterocycles. The first-order valence-corrected chi connectivity index (χ1v) is 14.8. The molecular formula is C35H40N2O3. The zero-order valence-corrected chi connectivity index (χ0v) is 23.7. The van der Waals surface area contributed by atoms with Crippen molar-refractivity contribution in [2.75, 3.05) is 16.8 Å². The van der Waals surface area contributed by atoms with Gasteiger partial charge >= 0.3 is 0 Å². The van der Waals surface area contributed by atoms with E-state index in [4.69, 9.17) is 4.74 Å². The normalized spacial score (nSPS) is 18.4. The van der Waals surface area contributed by atoms with Gasteiger partial charge in [0, 0.05) is 24.1 Å². The maximum absolute atomic E-state index is 14.1. The monoisotopic (exact) mass is 536 g/mol. The van der Waals surface area contributed by atoms with Crippen LogP contribution in [0.15, 0.2) is 90.1 Å². The van der Waals surface area contributed by atoms with Crippen LogP contribution in [0.25, 0.3) is 0 Å². The number of para-hydroxylation sites is 2. The molecule has 3 aromatic rings. The van der Waals surface area contributed by atoms with Crippen LogP contribution in [0, 0.1) is 0 Å². The predicted octanol–water partition coefficient (Wildman–Crippen LogP) is 8.35. The van der Waals surface area contributed by atoms with Crippen molar-refractivity contribution in [2.24, 2.45) is 0 Å². The molecule has 0 unspecified atom stereocenters. The third-order valence-electron chi connectivity index (χ3n) is 7.98. The van der Waals surface area contributed by atoms with Crippen molar-refractivity contribution in [3.63, 3.8) is 0 Å². The average Bonchev–Trinajstić information content (AvgIpc) is 3.13. The van der Waals surface area contributed by atoms with Crippen LogP contribution in [-0.4, -0.2) is 18.3 Å². The summed E-state index contributed by atoms with van der Waals surface area (Å²) in [6.45, 7) is 5.01. The first-order valence-electron chi connectivity index (χ1n) is 14.8. The van der Waals surface area contributed by atoms with Gasteiger partial charge < -0.3 is 10.1 Å². The Kier molecular flexibility index (Phi) is 9.00. The molecule has 2 atom stereocenters. The summed E-state index contributed by atoms with van der Waals surface area (Å²) in [7, 11) is 0. The molecule has 40 heavy (non-hydrogen) atoms. The number of benzene rings is 3. The standard InChI is InChI=1S/C35H40N2O3/c1-3-5-8-17-33(39)37-31-16-12-11-15-29(31)36-30-23-27(25-18-20-28(21-19-25)40-22-6-4-2)24-32(38)34(30)35(37)26-13-9-7-10-14-26/h7,9-16,18-21,27,35-36H,3-6,8,17,22-24H2,1-2H3/t27-,35+/m1/s1. The Bertz CT molecular complexity index is 1350. The number of hydrogen-bond donors (Lipinski definition) is 1. The van der Waals surface area contributed by atoms with E-state index in [9.17, 15) is 9.59 Å². The molecule has 5 rings (SSSR count). The SMILES string of the molecule is CCCCCC(=O)N1c2ccccc2NC2=C(C(=O)C[C@H](c3ccc(OCCCC)cc3)C2)[C@@H]1c1ccccc1. The number of amides is 1. The number of nitrogens with one attached hydrogen (secondary N) is 1. The molecule has 3 aromatic carbocycles. The minimum absolute atomic E-state index is 0.0545. The van der Waals surface area contributed by atoms with Crippen LogP contribution in [0.1, 0.15) is 88.3 Å². The fraction of sp³-hybridized carbons (Fsp3) is 0.371. The Morgan fingerprint density at radius 2 is 1.57 bits per heavy atom. The van der Waals surface area contributed by atoms with Gasteiger partial charge in [-0.1, -0.05) is 87.7 Å². The van der Waals surface area contributed by atoms with Crippen molar-refractivity contribution in [2.45, 2.75) is 77.2 Å². The van der Waals surface area contributed by atoms with Crippen molar-refractivity contribution in [3.05, 3.63) is 101 Å². The van der Waals surface area contributed by atoms with Crippen LogP contribution in [0.2, 0.25) is 0 Å². The van der Waals surface area contributed by atoms with Gasteiger partial charge in [0.2, 0.25) is 5.91 Å². The number of fused-ring (bicyclic) bond motifs is 1. The number of ketones is 1. The van der Waals surface area contributed by atoms with Gasteiger partial charge in [-0.25, -0.2) is 0 Å². The largest absolute Gasteiger partial charge is 0.494 e. The number of nitrogens with zero attached hydrogens (tertiary/aromatic N) is 1. The highest BCUT2D eigenvalue weighted by Crippen LogP contribution is 2.47. The number of unbranched alkanes of at least 4 members (excludes halogenated alkanes) is 3. The summed E-state index contributed by atoms with van der Waals surface area (Å²) in [4.78, 5) is 29.9. The van der Waals surface area contributed by atoms with E-state index < -0.39 is 6.04 Å². The smallest absolute Gasteiger partial charge is 0.227 e. The lowest BCUT2D eigenvalue weighted by atomic mass is 9.78. The second-order valence-corrected chi connectivity index (χ2v) is 10.9. The summed E-state index contributed by atoms with van der Waals surface area (Å²) in [5, 5.41) is 3.63. The van der Waals surface area contributed by atoms with Crippen LogP contribution in [0.5, 0.6) is 5.75 Å². The van der Waals surface area contributed by atoms with E-state index in [2.05, 4.69) is 31.3 Å².